The number of hydrogen-bond acceptors (Lipinski definition) is 7. The smallest absolute Gasteiger partial charge is 0.338 e. The van der Waals surface area contributed by atoms with E-state index in [1.165, 1.54) is 28.8 Å². The Hall–Kier alpha value is -3.28. The maximum atomic E-state index is 12.9. The summed E-state index contributed by atoms with van der Waals surface area (Å²) in [7, 11) is 0. The van der Waals surface area contributed by atoms with E-state index in [2.05, 4.69) is 27.3 Å². The van der Waals surface area contributed by atoms with Gasteiger partial charge < -0.3 is 21.3 Å². The van der Waals surface area contributed by atoms with Gasteiger partial charge >= 0.3 is 11.7 Å². The second kappa shape index (κ2) is 10.3. The maximum Gasteiger partial charge on any atom is 0.354 e. The molecule has 4 atom stereocenters. The first-order chi connectivity index (χ1) is 19.1. The van der Waals surface area contributed by atoms with Crippen LogP contribution < -0.4 is 22.5 Å². The average molecular weight is 549 g/mol. The van der Waals surface area contributed by atoms with Crippen molar-refractivity contribution in [3.8, 4) is 5.69 Å². The monoisotopic (exact) mass is 548 g/mol. The lowest BCUT2D eigenvalue weighted by Crippen LogP contribution is -2.58. The van der Waals surface area contributed by atoms with Crippen LogP contribution in [0.25, 0.3) is 5.69 Å². The van der Waals surface area contributed by atoms with Crippen molar-refractivity contribution < 1.29 is 9.59 Å². The summed E-state index contributed by atoms with van der Waals surface area (Å²) in [5, 5.41) is 2.72. The van der Waals surface area contributed by atoms with E-state index in [9.17, 15) is 14.4 Å². The zero-order valence-electron chi connectivity index (χ0n) is 23.4. The normalized spacial score (nSPS) is 26.3. The molecule has 2 aliphatic carbocycles. The molecule has 2 saturated heterocycles. The first-order valence-corrected chi connectivity index (χ1v) is 14.4. The SMILES string of the molecule is CC(C)(N)C(=O)N1CCN(C(=O)Nc2ccn(-c3ccc4c(c3)CCC(N3C[C@@H]5[C@@H](CN)[C@@H]5C3)C4)c(=O)n2)CC1. The molecule has 40 heavy (non-hydrogen) atoms. The Kier molecular flexibility index (Phi) is 6.92. The van der Waals surface area contributed by atoms with Gasteiger partial charge in [0.05, 0.1) is 11.2 Å². The molecule has 1 unspecified atom stereocenters. The number of aromatic nitrogens is 2. The minimum Gasteiger partial charge on any atom is -0.338 e. The van der Waals surface area contributed by atoms with E-state index in [1.54, 1.807) is 35.9 Å². The van der Waals surface area contributed by atoms with Crippen LogP contribution in [0.2, 0.25) is 0 Å². The summed E-state index contributed by atoms with van der Waals surface area (Å²) < 4.78 is 1.52. The van der Waals surface area contributed by atoms with Crippen LogP contribution in [-0.2, 0) is 17.6 Å². The molecular weight excluding hydrogens is 508 g/mol. The molecule has 0 bridgehead atoms. The maximum absolute atomic E-state index is 12.9. The number of urea groups is 1. The molecule has 0 radical (unpaired) electrons. The lowest BCUT2D eigenvalue weighted by atomic mass is 9.87. The van der Waals surface area contributed by atoms with Crippen molar-refractivity contribution in [3.63, 3.8) is 0 Å². The highest BCUT2D eigenvalue weighted by molar-refractivity contribution is 5.89. The van der Waals surface area contributed by atoms with Gasteiger partial charge in [0.2, 0.25) is 5.91 Å². The number of carbonyl (C=O) groups is 2. The predicted octanol–water partition coefficient (Wildman–Crippen LogP) is 0.640. The fourth-order valence-electron chi connectivity index (χ4n) is 6.89. The minimum absolute atomic E-state index is 0.135. The van der Waals surface area contributed by atoms with Crippen LogP contribution in [0.3, 0.4) is 0 Å². The number of likely N-dealkylation sites (tertiary alicyclic amines) is 1. The van der Waals surface area contributed by atoms with Crippen LogP contribution in [0.4, 0.5) is 10.6 Å². The van der Waals surface area contributed by atoms with Crippen LogP contribution in [0.1, 0.15) is 31.4 Å². The number of piperazine rings is 1. The standard InChI is InChI=1S/C29H40N8O3/c1-29(2,31)26(38)34-9-11-35(12-10-34)27(39)32-25-7-8-37(28(40)33-25)21-6-4-18-13-20(5-3-19(18)14-21)36-16-23-22(15-30)24(23)17-36/h4,6-8,14,20,22-24H,3,5,9-13,15-17,30-31H2,1-2H3,(H,32,33,39,40)/t20?,22-,23-,24+. The Labute approximate surface area is 234 Å². The Balaban J connectivity index is 1.05. The van der Waals surface area contributed by atoms with E-state index in [0.717, 1.165) is 49.2 Å². The van der Waals surface area contributed by atoms with E-state index in [-0.39, 0.29) is 17.8 Å². The van der Waals surface area contributed by atoms with Crippen LogP contribution in [0.5, 0.6) is 0 Å². The zero-order valence-corrected chi connectivity index (χ0v) is 23.4. The summed E-state index contributed by atoms with van der Waals surface area (Å²) in [5.74, 6) is 2.44. The third kappa shape index (κ3) is 5.13. The highest BCUT2D eigenvalue weighted by Gasteiger charge is 2.55. The van der Waals surface area contributed by atoms with Gasteiger partial charge in [0, 0.05) is 51.5 Å². The Morgan fingerprint density at radius 2 is 1.75 bits per heavy atom. The molecule has 3 heterocycles. The van der Waals surface area contributed by atoms with Gasteiger partial charge in [-0.1, -0.05) is 6.07 Å². The third-order valence-electron chi connectivity index (χ3n) is 9.30. The van der Waals surface area contributed by atoms with Crippen molar-refractivity contribution in [1.29, 1.82) is 0 Å². The van der Waals surface area contributed by atoms with E-state index in [0.29, 0.717) is 32.2 Å². The molecule has 3 amide bonds. The van der Waals surface area contributed by atoms with Crippen molar-refractivity contribution in [2.24, 2.45) is 29.2 Å². The molecule has 4 aliphatic rings. The largest absolute Gasteiger partial charge is 0.354 e. The van der Waals surface area contributed by atoms with Crippen molar-refractivity contribution >= 4 is 17.8 Å². The molecule has 2 aliphatic heterocycles. The van der Waals surface area contributed by atoms with Gasteiger partial charge in [0.15, 0.2) is 0 Å². The van der Waals surface area contributed by atoms with Gasteiger partial charge in [-0.05, 0) is 86.7 Å². The molecule has 5 N–H and O–H groups in total. The Morgan fingerprint density at radius 1 is 1.05 bits per heavy atom. The molecule has 6 rings (SSSR count). The van der Waals surface area contributed by atoms with E-state index < -0.39 is 11.2 Å². The molecule has 11 heteroatoms. The number of fused-ring (bicyclic) bond motifs is 2. The molecule has 0 spiro atoms. The topological polar surface area (TPSA) is 143 Å². The van der Waals surface area contributed by atoms with Gasteiger partial charge in [-0.3, -0.25) is 19.6 Å². The quantitative estimate of drug-likeness (QED) is 0.498. The number of nitrogens with one attached hydrogen (secondary N) is 1. The van der Waals surface area contributed by atoms with Crippen LogP contribution in [0.15, 0.2) is 35.3 Å². The van der Waals surface area contributed by atoms with Crippen LogP contribution >= 0.6 is 0 Å². The predicted molar refractivity (Wildman–Crippen MR) is 152 cm³/mol. The summed E-state index contributed by atoms with van der Waals surface area (Å²) in [6, 6.07) is 8.11. The van der Waals surface area contributed by atoms with Crippen LogP contribution in [-0.4, -0.2) is 93.6 Å². The fourth-order valence-corrected chi connectivity index (χ4v) is 6.89. The van der Waals surface area contributed by atoms with Crippen molar-refractivity contribution in [1.82, 2.24) is 24.3 Å². The van der Waals surface area contributed by atoms with Crippen LogP contribution in [0, 0.1) is 17.8 Å². The summed E-state index contributed by atoms with van der Waals surface area (Å²) in [6.45, 7) is 8.16. The number of piperidine rings is 1. The number of benzene rings is 1. The van der Waals surface area contributed by atoms with Gasteiger partial charge in [-0.15, -0.1) is 0 Å². The van der Waals surface area contributed by atoms with E-state index >= 15 is 0 Å². The van der Waals surface area contributed by atoms with E-state index in [1.807, 2.05) is 6.07 Å². The van der Waals surface area contributed by atoms with E-state index in [4.69, 9.17) is 11.5 Å². The number of anilines is 1. The molecule has 2 aromatic rings. The van der Waals surface area contributed by atoms with Gasteiger partial charge in [0.1, 0.15) is 5.82 Å². The first kappa shape index (κ1) is 26.9. The number of carbonyl (C=O) groups excluding carboxylic acids is 2. The Bertz CT molecular complexity index is 1350. The summed E-state index contributed by atoms with van der Waals surface area (Å²) in [6.07, 6.45) is 4.83. The van der Waals surface area contributed by atoms with Crippen molar-refractivity contribution in [3.05, 3.63) is 52.1 Å². The Morgan fingerprint density at radius 3 is 2.40 bits per heavy atom. The second-order valence-electron chi connectivity index (χ2n) is 12.4. The first-order valence-electron chi connectivity index (χ1n) is 14.4. The third-order valence-corrected chi connectivity index (χ3v) is 9.30. The number of hydrogen-bond donors (Lipinski definition) is 3. The zero-order chi connectivity index (χ0) is 28.2. The van der Waals surface area contributed by atoms with Crippen molar-refractivity contribution in [2.75, 3.05) is 51.1 Å². The average Bonchev–Trinajstić information content (AvgIpc) is 3.41. The number of nitrogens with two attached hydrogens (primary N) is 2. The molecule has 1 aromatic heterocycles. The van der Waals surface area contributed by atoms with Crippen molar-refractivity contribution in [2.45, 2.75) is 44.7 Å². The minimum atomic E-state index is -0.943. The number of aryl methyl sites for hydroxylation is 1. The number of rotatable bonds is 5. The highest BCUT2D eigenvalue weighted by atomic mass is 16.2. The molecular formula is C29H40N8O3. The number of amides is 3. The lowest BCUT2D eigenvalue weighted by Gasteiger charge is -2.37. The lowest BCUT2D eigenvalue weighted by molar-refractivity contribution is -0.137. The van der Waals surface area contributed by atoms with Gasteiger partial charge in [-0.25, -0.2) is 9.59 Å². The molecule has 11 nitrogen and oxygen atoms in total. The van der Waals surface area contributed by atoms with Gasteiger partial charge in [-0.2, -0.15) is 4.98 Å². The molecule has 1 saturated carbocycles. The van der Waals surface area contributed by atoms with Gasteiger partial charge in [0.25, 0.3) is 0 Å². The summed E-state index contributed by atoms with van der Waals surface area (Å²) in [4.78, 5) is 48.1. The number of nitrogens with zero attached hydrogens (tertiary/aromatic N) is 5. The molecule has 3 fully saturated rings. The highest BCUT2D eigenvalue weighted by Crippen LogP contribution is 2.52. The fraction of sp³-hybridized carbons (Fsp3) is 0.586. The second-order valence-corrected chi connectivity index (χ2v) is 12.4. The summed E-state index contributed by atoms with van der Waals surface area (Å²) >= 11 is 0. The molecule has 1 aromatic carbocycles. The summed E-state index contributed by atoms with van der Waals surface area (Å²) in [5.41, 5.74) is 13.8. The molecule has 214 valence electrons.